The predicted octanol–water partition coefficient (Wildman–Crippen LogP) is 0.807. The number of carbonyl (C=O) groups excluding carboxylic acids is 1. The van der Waals surface area contributed by atoms with E-state index in [4.69, 9.17) is 4.74 Å². The number of nitrogens with one attached hydrogen (secondary N) is 1. The van der Waals surface area contributed by atoms with Gasteiger partial charge < -0.3 is 19.5 Å². The molecule has 100 valence electrons. The van der Waals surface area contributed by atoms with E-state index in [-0.39, 0.29) is 5.91 Å². The fraction of sp³-hybridized carbons (Fsp3) is 0.667. The van der Waals surface area contributed by atoms with Gasteiger partial charge >= 0.3 is 0 Å². The van der Waals surface area contributed by atoms with Crippen molar-refractivity contribution in [2.45, 2.75) is 19.4 Å². The number of hydrogen-bond donors (Lipinski definition) is 1. The van der Waals surface area contributed by atoms with Gasteiger partial charge in [0.2, 0.25) is 5.95 Å². The third-order valence-corrected chi connectivity index (χ3v) is 3.04. The molecule has 6 heteroatoms. The highest BCUT2D eigenvalue weighted by Crippen LogP contribution is 2.15. The molecule has 1 aliphatic rings. The van der Waals surface area contributed by atoms with Crippen LogP contribution in [-0.2, 0) is 11.3 Å². The Bertz CT molecular complexity index is 393. The van der Waals surface area contributed by atoms with Gasteiger partial charge in [-0.1, -0.05) is 0 Å². The minimum atomic E-state index is -0.0326. The van der Waals surface area contributed by atoms with Crippen LogP contribution < -0.4 is 5.32 Å². The molecule has 0 atom stereocenters. The van der Waals surface area contributed by atoms with Crippen LogP contribution in [0.5, 0.6) is 0 Å². The lowest BCUT2D eigenvalue weighted by Gasteiger charge is -2.15. The average Bonchev–Trinajstić information content (AvgIpc) is 2.81. The van der Waals surface area contributed by atoms with Gasteiger partial charge in [0.1, 0.15) is 5.69 Å². The number of hydrogen-bond acceptors (Lipinski definition) is 4. The van der Waals surface area contributed by atoms with Crippen LogP contribution in [-0.4, -0.2) is 54.2 Å². The van der Waals surface area contributed by atoms with E-state index in [1.54, 1.807) is 19.1 Å². The second-order valence-corrected chi connectivity index (χ2v) is 4.50. The number of ether oxygens (including phenoxy) is 1. The first kappa shape index (κ1) is 12.9. The predicted molar refractivity (Wildman–Crippen MR) is 68.8 cm³/mol. The highest BCUT2D eigenvalue weighted by atomic mass is 16.5. The van der Waals surface area contributed by atoms with Crippen molar-refractivity contribution in [1.82, 2.24) is 14.5 Å². The van der Waals surface area contributed by atoms with Crippen molar-refractivity contribution in [1.29, 1.82) is 0 Å². The van der Waals surface area contributed by atoms with Gasteiger partial charge in [-0.3, -0.25) is 4.79 Å². The van der Waals surface area contributed by atoms with Crippen molar-refractivity contribution >= 4 is 11.9 Å². The number of amides is 1. The molecule has 6 nitrogen and oxygen atoms in total. The van der Waals surface area contributed by atoms with Crippen molar-refractivity contribution in [3.05, 3.63) is 11.9 Å². The Kier molecular flexibility index (Phi) is 4.19. The summed E-state index contributed by atoms with van der Waals surface area (Å²) in [5, 5.41) is 3.19. The van der Waals surface area contributed by atoms with E-state index in [1.165, 1.54) is 0 Å². The van der Waals surface area contributed by atoms with Crippen LogP contribution in [0.3, 0.4) is 0 Å². The van der Waals surface area contributed by atoms with Gasteiger partial charge in [-0.15, -0.1) is 0 Å². The fourth-order valence-electron chi connectivity index (χ4n) is 2.02. The monoisotopic (exact) mass is 252 g/mol. The Hall–Kier alpha value is -1.56. The molecule has 1 N–H and O–H groups in total. The Morgan fingerprint density at radius 3 is 3.22 bits per heavy atom. The lowest BCUT2D eigenvalue weighted by Crippen LogP contribution is -2.28. The normalized spacial score (nSPS) is 13.9. The van der Waals surface area contributed by atoms with Crippen LogP contribution in [0.4, 0.5) is 5.95 Å². The highest BCUT2D eigenvalue weighted by Gasteiger charge is 2.18. The van der Waals surface area contributed by atoms with Crippen molar-refractivity contribution < 1.29 is 9.53 Å². The zero-order valence-corrected chi connectivity index (χ0v) is 11.0. The third kappa shape index (κ3) is 2.81. The maximum Gasteiger partial charge on any atom is 0.273 e. The fourth-order valence-corrected chi connectivity index (χ4v) is 2.02. The molecule has 1 aromatic heterocycles. The summed E-state index contributed by atoms with van der Waals surface area (Å²) in [6.45, 7) is 3.20. The molecular weight excluding hydrogens is 232 g/mol. The number of nitrogens with zero attached hydrogens (tertiary/aromatic N) is 3. The molecule has 1 amide bonds. The van der Waals surface area contributed by atoms with Gasteiger partial charge in [0, 0.05) is 46.6 Å². The number of rotatable bonds is 5. The van der Waals surface area contributed by atoms with E-state index >= 15 is 0 Å². The number of carbonyl (C=O) groups is 1. The quantitative estimate of drug-likeness (QED) is 0.788. The first-order chi connectivity index (χ1) is 8.72. The maximum atomic E-state index is 12.1. The first-order valence-electron chi connectivity index (χ1n) is 6.28. The maximum absolute atomic E-state index is 12.1. The lowest BCUT2D eigenvalue weighted by atomic mass is 10.3. The first-order valence-corrected chi connectivity index (χ1v) is 6.28. The van der Waals surface area contributed by atoms with Crippen LogP contribution in [0.15, 0.2) is 6.20 Å². The summed E-state index contributed by atoms with van der Waals surface area (Å²) in [6, 6.07) is 0. The van der Waals surface area contributed by atoms with E-state index in [0.29, 0.717) is 18.8 Å². The number of methoxy groups -OCH3 is 1. The van der Waals surface area contributed by atoms with Crippen LogP contribution in [0.1, 0.15) is 23.3 Å². The molecule has 0 saturated carbocycles. The molecule has 0 fully saturated rings. The van der Waals surface area contributed by atoms with E-state index in [1.807, 2.05) is 10.8 Å². The summed E-state index contributed by atoms with van der Waals surface area (Å²) in [5.74, 6) is 0.768. The van der Waals surface area contributed by atoms with E-state index in [9.17, 15) is 4.79 Å². The molecule has 0 bridgehead atoms. The zero-order chi connectivity index (χ0) is 13.0. The molecule has 0 unspecified atom stereocenters. The molecular formula is C12H20N4O2. The van der Waals surface area contributed by atoms with Crippen LogP contribution in [0.2, 0.25) is 0 Å². The van der Waals surface area contributed by atoms with Crippen molar-refractivity contribution in [2.24, 2.45) is 0 Å². The minimum absolute atomic E-state index is 0.0326. The van der Waals surface area contributed by atoms with Gasteiger partial charge in [-0.25, -0.2) is 4.98 Å². The summed E-state index contributed by atoms with van der Waals surface area (Å²) < 4.78 is 6.98. The average molecular weight is 252 g/mol. The van der Waals surface area contributed by atoms with Gasteiger partial charge in [0.25, 0.3) is 5.91 Å². The van der Waals surface area contributed by atoms with Gasteiger partial charge in [0.15, 0.2) is 0 Å². The van der Waals surface area contributed by atoms with Gasteiger partial charge in [0.05, 0.1) is 0 Å². The number of aromatic nitrogens is 2. The molecule has 0 saturated heterocycles. The largest absolute Gasteiger partial charge is 0.385 e. The van der Waals surface area contributed by atoms with Gasteiger partial charge in [-0.2, -0.15) is 0 Å². The summed E-state index contributed by atoms with van der Waals surface area (Å²) in [5.41, 5.74) is 0.513. The van der Waals surface area contributed by atoms with E-state index in [2.05, 4.69) is 10.3 Å². The third-order valence-electron chi connectivity index (χ3n) is 3.04. The summed E-state index contributed by atoms with van der Waals surface area (Å²) >= 11 is 0. The second-order valence-electron chi connectivity index (χ2n) is 4.50. The minimum Gasteiger partial charge on any atom is -0.385 e. The van der Waals surface area contributed by atoms with Crippen LogP contribution in [0, 0.1) is 0 Å². The number of aryl methyl sites for hydroxylation is 1. The number of fused-ring (bicyclic) bond motifs is 1. The Balaban J connectivity index is 1.97. The molecule has 2 rings (SSSR count). The lowest BCUT2D eigenvalue weighted by molar-refractivity contribution is 0.0774. The SMILES string of the molecule is COCCCN(C)C(=O)c1cn2c(n1)NCCC2. The molecule has 0 aromatic carbocycles. The molecule has 0 aliphatic carbocycles. The van der Waals surface area contributed by atoms with E-state index < -0.39 is 0 Å². The van der Waals surface area contributed by atoms with Crippen molar-refractivity contribution in [3.8, 4) is 0 Å². The van der Waals surface area contributed by atoms with Crippen LogP contribution in [0.25, 0.3) is 0 Å². The number of imidazole rings is 1. The Morgan fingerprint density at radius 2 is 2.50 bits per heavy atom. The molecule has 1 aliphatic heterocycles. The molecule has 1 aromatic rings. The van der Waals surface area contributed by atoms with Gasteiger partial charge in [-0.05, 0) is 12.8 Å². The standard InChI is InChI=1S/C12H20N4O2/c1-15(6-4-8-18-2)11(17)10-9-16-7-3-5-13-12(16)14-10/h9H,3-8H2,1-2H3,(H,13,14). The van der Waals surface area contributed by atoms with Crippen LogP contribution >= 0.6 is 0 Å². The Morgan fingerprint density at radius 1 is 1.67 bits per heavy atom. The smallest absolute Gasteiger partial charge is 0.273 e. The summed E-state index contributed by atoms with van der Waals surface area (Å²) in [7, 11) is 3.46. The molecule has 18 heavy (non-hydrogen) atoms. The zero-order valence-electron chi connectivity index (χ0n) is 11.0. The highest BCUT2D eigenvalue weighted by molar-refractivity contribution is 5.92. The van der Waals surface area contributed by atoms with E-state index in [0.717, 1.165) is 31.9 Å². The second kappa shape index (κ2) is 5.86. The van der Waals surface area contributed by atoms with Crippen molar-refractivity contribution in [3.63, 3.8) is 0 Å². The molecule has 0 spiro atoms. The topological polar surface area (TPSA) is 59.4 Å². The molecule has 0 radical (unpaired) electrons. The van der Waals surface area contributed by atoms with Crippen molar-refractivity contribution in [2.75, 3.05) is 39.2 Å². The molecule has 2 heterocycles. The summed E-state index contributed by atoms with van der Waals surface area (Å²) in [4.78, 5) is 18.2. The number of anilines is 1. The summed E-state index contributed by atoms with van der Waals surface area (Å²) in [6.07, 6.45) is 3.74. The Labute approximate surface area is 107 Å².